The number of rotatable bonds is 5. The second kappa shape index (κ2) is 5.42. The van der Waals surface area contributed by atoms with E-state index in [-0.39, 0.29) is 11.1 Å². The quantitative estimate of drug-likeness (QED) is 0.851. The van der Waals surface area contributed by atoms with Crippen molar-refractivity contribution in [2.24, 2.45) is 5.92 Å². The molecule has 0 saturated heterocycles. The Morgan fingerprint density at radius 3 is 2.78 bits per heavy atom. The first-order valence-electron chi connectivity index (χ1n) is 6.28. The molecule has 1 aliphatic rings. The summed E-state index contributed by atoms with van der Waals surface area (Å²) in [5.41, 5.74) is 0. The molecule has 0 amide bonds. The van der Waals surface area contributed by atoms with Crippen molar-refractivity contribution < 1.29 is 12.8 Å². The van der Waals surface area contributed by atoms with Gasteiger partial charge in [0.15, 0.2) is 0 Å². The largest absolute Gasteiger partial charge is 0.447 e. The second-order valence-corrected chi connectivity index (χ2v) is 6.53. The Balaban J connectivity index is 2.09. The van der Waals surface area contributed by atoms with Gasteiger partial charge in [-0.05, 0) is 37.9 Å². The second-order valence-electron chi connectivity index (χ2n) is 4.89. The Morgan fingerprint density at radius 1 is 1.39 bits per heavy atom. The molecular formula is C12H20N2O3S. The molecule has 1 saturated carbocycles. The standard InChI is InChI=1S/C12H20N2O3S/c1-9-4-3-5-11(9)14-18(15,16)12-7-6-10(17-12)8-13-2/h6-7,9,11,13-14H,3-5,8H2,1-2H3. The fourth-order valence-corrected chi connectivity index (χ4v) is 3.68. The molecule has 102 valence electrons. The van der Waals surface area contributed by atoms with Crippen LogP contribution in [-0.4, -0.2) is 21.5 Å². The van der Waals surface area contributed by atoms with Crippen LogP contribution in [0.4, 0.5) is 0 Å². The van der Waals surface area contributed by atoms with Crippen LogP contribution in [0.5, 0.6) is 0 Å². The van der Waals surface area contributed by atoms with Crippen molar-refractivity contribution in [1.82, 2.24) is 10.0 Å². The molecule has 6 heteroatoms. The highest BCUT2D eigenvalue weighted by Gasteiger charge is 2.29. The number of furan rings is 1. The molecule has 0 aliphatic heterocycles. The molecule has 0 aromatic carbocycles. The minimum absolute atomic E-state index is 0.00634. The molecule has 2 rings (SSSR count). The molecule has 1 fully saturated rings. The predicted octanol–water partition coefficient (Wildman–Crippen LogP) is 1.47. The van der Waals surface area contributed by atoms with E-state index in [0.29, 0.717) is 18.2 Å². The van der Waals surface area contributed by atoms with Gasteiger partial charge in [-0.3, -0.25) is 0 Å². The molecule has 0 spiro atoms. The smallest absolute Gasteiger partial charge is 0.274 e. The molecule has 2 unspecified atom stereocenters. The summed E-state index contributed by atoms with van der Waals surface area (Å²) in [4.78, 5) is 0. The van der Waals surface area contributed by atoms with Crippen molar-refractivity contribution >= 4 is 10.0 Å². The van der Waals surface area contributed by atoms with E-state index in [0.717, 1.165) is 19.3 Å². The summed E-state index contributed by atoms with van der Waals surface area (Å²) in [5.74, 6) is 1.02. The Hall–Kier alpha value is -0.850. The molecule has 0 bridgehead atoms. The van der Waals surface area contributed by atoms with Gasteiger partial charge in [0, 0.05) is 6.04 Å². The maximum Gasteiger partial charge on any atom is 0.274 e. The summed E-state index contributed by atoms with van der Waals surface area (Å²) in [6, 6.07) is 3.23. The molecule has 2 atom stereocenters. The van der Waals surface area contributed by atoms with Crippen LogP contribution in [0.1, 0.15) is 31.9 Å². The van der Waals surface area contributed by atoms with Crippen LogP contribution in [0.2, 0.25) is 0 Å². The Labute approximate surface area is 108 Å². The molecule has 0 radical (unpaired) electrons. The zero-order valence-corrected chi connectivity index (χ0v) is 11.6. The highest BCUT2D eigenvalue weighted by Crippen LogP contribution is 2.26. The van der Waals surface area contributed by atoms with Gasteiger partial charge in [0.05, 0.1) is 6.54 Å². The van der Waals surface area contributed by atoms with Crippen molar-refractivity contribution in [3.8, 4) is 0 Å². The van der Waals surface area contributed by atoms with Crippen LogP contribution >= 0.6 is 0 Å². The van der Waals surface area contributed by atoms with E-state index in [4.69, 9.17) is 4.42 Å². The Bertz CT molecular complexity index is 495. The van der Waals surface area contributed by atoms with Gasteiger partial charge in [-0.1, -0.05) is 13.3 Å². The van der Waals surface area contributed by atoms with Crippen molar-refractivity contribution in [1.29, 1.82) is 0 Å². The van der Waals surface area contributed by atoms with Crippen molar-refractivity contribution in [2.45, 2.75) is 43.9 Å². The third-order valence-electron chi connectivity index (χ3n) is 3.42. The SMILES string of the molecule is CNCc1ccc(S(=O)(=O)NC2CCCC2C)o1. The zero-order valence-electron chi connectivity index (χ0n) is 10.8. The monoisotopic (exact) mass is 272 g/mol. The Morgan fingerprint density at radius 2 is 2.17 bits per heavy atom. The van der Waals surface area contributed by atoms with E-state index in [9.17, 15) is 8.42 Å². The first kappa shape index (κ1) is 13.6. The first-order valence-corrected chi connectivity index (χ1v) is 7.77. The van der Waals surface area contributed by atoms with Gasteiger partial charge in [-0.15, -0.1) is 0 Å². The third-order valence-corrected chi connectivity index (χ3v) is 4.78. The van der Waals surface area contributed by atoms with Crippen LogP contribution in [0.3, 0.4) is 0 Å². The van der Waals surface area contributed by atoms with E-state index < -0.39 is 10.0 Å². The minimum atomic E-state index is -3.52. The molecule has 1 aliphatic carbocycles. The summed E-state index contributed by atoms with van der Waals surface area (Å²) < 4.78 is 32.3. The van der Waals surface area contributed by atoms with Crippen molar-refractivity contribution in [3.05, 3.63) is 17.9 Å². The van der Waals surface area contributed by atoms with Crippen LogP contribution in [-0.2, 0) is 16.6 Å². The average molecular weight is 272 g/mol. The van der Waals surface area contributed by atoms with Crippen LogP contribution in [0.25, 0.3) is 0 Å². The van der Waals surface area contributed by atoms with E-state index in [1.807, 2.05) is 0 Å². The van der Waals surface area contributed by atoms with Crippen molar-refractivity contribution in [3.63, 3.8) is 0 Å². The highest BCUT2D eigenvalue weighted by atomic mass is 32.2. The van der Waals surface area contributed by atoms with Gasteiger partial charge in [-0.25, -0.2) is 13.1 Å². The van der Waals surface area contributed by atoms with Gasteiger partial charge in [0.1, 0.15) is 5.76 Å². The molecule has 1 aromatic rings. The molecule has 2 N–H and O–H groups in total. The van der Waals surface area contributed by atoms with Crippen molar-refractivity contribution in [2.75, 3.05) is 7.05 Å². The van der Waals surface area contributed by atoms with Gasteiger partial charge < -0.3 is 9.73 Å². The number of hydrogen-bond donors (Lipinski definition) is 2. The molecule has 1 heterocycles. The molecular weight excluding hydrogens is 252 g/mol. The molecule has 5 nitrogen and oxygen atoms in total. The normalized spacial score (nSPS) is 24.6. The Kier molecular flexibility index (Phi) is 4.09. The van der Waals surface area contributed by atoms with E-state index >= 15 is 0 Å². The predicted molar refractivity (Wildman–Crippen MR) is 68.6 cm³/mol. The van der Waals surface area contributed by atoms with Gasteiger partial charge in [-0.2, -0.15) is 0 Å². The maximum atomic E-state index is 12.1. The highest BCUT2D eigenvalue weighted by molar-refractivity contribution is 7.89. The first-order chi connectivity index (χ1) is 8.53. The summed E-state index contributed by atoms with van der Waals surface area (Å²) >= 11 is 0. The number of sulfonamides is 1. The summed E-state index contributed by atoms with van der Waals surface area (Å²) in [6.45, 7) is 2.60. The lowest BCUT2D eigenvalue weighted by Gasteiger charge is -2.16. The summed E-state index contributed by atoms with van der Waals surface area (Å²) in [5, 5.41) is 2.93. The fourth-order valence-electron chi connectivity index (χ4n) is 2.35. The number of nitrogens with one attached hydrogen (secondary N) is 2. The summed E-state index contributed by atoms with van der Waals surface area (Å²) in [6.07, 6.45) is 3.07. The lowest BCUT2D eigenvalue weighted by Crippen LogP contribution is -2.36. The minimum Gasteiger partial charge on any atom is -0.447 e. The lowest BCUT2D eigenvalue weighted by molar-refractivity contribution is 0.397. The van der Waals surface area contributed by atoms with E-state index in [2.05, 4.69) is 17.0 Å². The van der Waals surface area contributed by atoms with Crippen LogP contribution < -0.4 is 10.0 Å². The van der Waals surface area contributed by atoms with Crippen LogP contribution in [0, 0.1) is 5.92 Å². The van der Waals surface area contributed by atoms with Gasteiger partial charge in [0.2, 0.25) is 5.09 Å². The van der Waals surface area contributed by atoms with E-state index in [1.165, 1.54) is 6.07 Å². The fraction of sp³-hybridized carbons (Fsp3) is 0.667. The average Bonchev–Trinajstić information content (AvgIpc) is 2.90. The maximum absolute atomic E-state index is 12.1. The topological polar surface area (TPSA) is 71.3 Å². The molecule has 1 aromatic heterocycles. The summed E-state index contributed by atoms with van der Waals surface area (Å²) in [7, 11) is -1.73. The number of hydrogen-bond acceptors (Lipinski definition) is 4. The van der Waals surface area contributed by atoms with E-state index in [1.54, 1.807) is 13.1 Å². The lowest BCUT2D eigenvalue weighted by atomic mass is 10.1. The van der Waals surface area contributed by atoms with Crippen LogP contribution in [0.15, 0.2) is 21.6 Å². The van der Waals surface area contributed by atoms with Gasteiger partial charge >= 0.3 is 0 Å². The van der Waals surface area contributed by atoms with Gasteiger partial charge in [0.25, 0.3) is 10.0 Å². The third kappa shape index (κ3) is 2.93. The molecule has 18 heavy (non-hydrogen) atoms. The zero-order chi connectivity index (χ0) is 13.2.